The summed E-state index contributed by atoms with van der Waals surface area (Å²) in [6.45, 7) is 0.261. The van der Waals surface area contributed by atoms with Crippen LogP contribution in [0.1, 0.15) is 30.9 Å². The normalized spacial score (nSPS) is 16.1. The summed E-state index contributed by atoms with van der Waals surface area (Å²) in [6.07, 6.45) is 3.74. The third-order valence-corrected chi connectivity index (χ3v) is 5.17. The number of carbonyl (C=O) groups is 1. The summed E-state index contributed by atoms with van der Waals surface area (Å²) < 4.78 is 28.6. The standard InChI is InChI=1S/C23H26F2N2O3/c1-17(30-26-16-20-7-9-21(10-8-20)29-23(24)25)22(28)27-13-11-19(12-14-27)15-18-5-3-2-4-6-18/h2-10,16-17,19,23H,11-15H2,1H3. The first-order chi connectivity index (χ1) is 14.5. The summed E-state index contributed by atoms with van der Waals surface area (Å²) in [7, 11) is 0. The van der Waals surface area contributed by atoms with E-state index in [1.165, 1.54) is 23.9 Å². The van der Waals surface area contributed by atoms with E-state index in [-0.39, 0.29) is 11.7 Å². The molecule has 1 amide bonds. The van der Waals surface area contributed by atoms with Gasteiger partial charge in [0.2, 0.25) is 6.10 Å². The number of rotatable bonds is 8. The fourth-order valence-corrected chi connectivity index (χ4v) is 3.53. The average molecular weight is 416 g/mol. The van der Waals surface area contributed by atoms with Crippen LogP contribution < -0.4 is 4.74 Å². The van der Waals surface area contributed by atoms with Crippen molar-refractivity contribution in [2.24, 2.45) is 11.1 Å². The molecule has 2 aromatic rings. The smallest absolute Gasteiger partial charge is 0.387 e. The molecule has 5 nitrogen and oxygen atoms in total. The van der Waals surface area contributed by atoms with Gasteiger partial charge in [-0.25, -0.2) is 0 Å². The molecule has 0 spiro atoms. The Morgan fingerprint density at radius 1 is 1.13 bits per heavy atom. The Labute approximate surface area is 175 Å². The fraction of sp³-hybridized carbons (Fsp3) is 0.391. The van der Waals surface area contributed by atoms with Crippen LogP contribution >= 0.6 is 0 Å². The number of carbonyl (C=O) groups excluding carboxylic acids is 1. The summed E-state index contributed by atoms with van der Waals surface area (Å²) >= 11 is 0. The van der Waals surface area contributed by atoms with E-state index in [0.717, 1.165) is 32.4 Å². The zero-order chi connectivity index (χ0) is 21.3. The maximum absolute atomic E-state index is 12.6. The number of piperidine rings is 1. The highest BCUT2D eigenvalue weighted by molar-refractivity contribution is 5.81. The molecule has 1 aliphatic rings. The van der Waals surface area contributed by atoms with E-state index in [1.807, 2.05) is 11.0 Å². The lowest BCUT2D eigenvalue weighted by atomic mass is 9.90. The predicted molar refractivity (Wildman–Crippen MR) is 111 cm³/mol. The number of amides is 1. The van der Waals surface area contributed by atoms with Crippen molar-refractivity contribution < 1.29 is 23.1 Å². The van der Waals surface area contributed by atoms with Crippen molar-refractivity contribution in [2.45, 2.75) is 38.9 Å². The number of ether oxygens (including phenoxy) is 1. The summed E-state index contributed by atoms with van der Waals surface area (Å²) in [5, 5.41) is 3.86. The molecule has 7 heteroatoms. The summed E-state index contributed by atoms with van der Waals surface area (Å²) in [5.74, 6) is 0.580. The van der Waals surface area contributed by atoms with Crippen LogP contribution in [0.5, 0.6) is 5.75 Å². The highest BCUT2D eigenvalue weighted by Gasteiger charge is 2.27. The van der Waals surface area contributed by atoms with Gasteiger partial charge in [-0.3, -0.25) is 4.79 Å². The Morgan fingerprint density at radius 3 is 2.43 bits per heavy atom. The van der Waals surface area contributed by atoms with Gasteiger partial charge < -0.3 is 14.5 Å². The summed E-state index contributed by atoms with van der Waals surface area (Å²) in [4.78, 5) is 19.7. The van der Waals surface area contributed by atoms with Crippen LogP contribution in [0.2, 0.25) is 0 Å². The van der Waals surface area contributed by atoms with Crippen LogP contribution in [-0.2, 0) is 16.1 Å². The molecule has 160 valence electrons. The number of alkyl halides is 2. The molecule has 1 fully saturated rings. The lowest BCUT2D eigenvalue weighted by Gasteiger charge is -2.33. The lowest BCUT2D eigenvalue weighted by Crippen LogP contribution is -2.43. The van der Waals surface area contributed by atoms with E-state index < -0.39 is 12.7 Å². The van der Waals surface area contributed by atoms with Crippen LogP contribution in [-0.4, -0.2) is 42.8 Å². The topological polar surface area (TPSA) is 51.1 Å². The molecule has 1 aliphatic heterocycles. The molecule has 2 aromatic carbocycles. The van der Waals surface area contributed by atoms with Crippen molar-refractivity contribution in [3.63, 3.8) is 0 Å². The third-order valence-electron chi connectivity index (χ3n) is 5.17. The number of halogens is 2. The summed E-state index contributed by atoms with van der Waals surface area (Å²) in [6, 6.07) is 16.4. The van der Waals surface area contributed by atoms with Crippen LogP contribution in [0.25, 0.3) is 0 Å². The van der Waals surface area contributed by atoms with Crippen LogP contribution in [0.4, 0.5) is 8.78 Å². The minimum Gasteiger partial charge on any atom is -0.435 e. The van der Waals surface area contributed by atoms with Crippen LogP contribution in [0.3, 0.4) is 0 Å². The van der Waals surface area contributed by atoms with Gasteiger partial charge in [0.15, 0.2) is 0 Å². The number of likely N-dealkylation sites (tertiary alicyclic amines) is 1. The minimum absolute atomic E-state index is 0.0716. The van der Waals surface area contributed by atoms with Gasteiger partial charge in [-0.2, -0.15) is 8.78 Å². The van der Waals surface area contributed by atoms with Gasteiger partial charge in [-0.15, -0.1) is 0 Å². The molecule has 0 bridgehead atoms. The fourth-order valence-electron chi connectivity index (χ4n) is 3.53. The molecule has 1 heterocycles. The molecule has 1 unspecified atom stereocenters. The summed E-state index contributed by atoms with van der Waals surface area (Å²) in [5.41, 5.74) is 1.99. The number of oxime groups is 1. The largest absolute Gasteiger partial charge is 0.435 e. The first-order valence-electron chi connectivity index (χ1n) is 10.1. The Morgan fingerprint density at radius 2 is 1.80 bits per heavy atom. The highest BCUT2D eigenvalue weighted by Crippen LogP contribution is 2.22. The van der Waals surface area contributed by atoms with Gasteiger partial charge >= 0.3 is 6.61 Å². The van der Waals surface area contributed by atoms with E-state index in [0.29, 0.717) is 11.5 Å². The second-order valence-electron chi connectivity index (χ2n) is 7.39. The molecule has 0 N–H and O–H groups in total. The Hall–Kier alpha value is -2.96. The quantitative estimate of drug-likeness (QED) is 0.470. The van der Waals surface area contributed by atoms with E-state index in [1.54, 1.807) is 19.1 Å². The van der Waals surface area contributed by atoms with Gasteiger partial charge in [0.05, 0.1) is 6.21 Å². The molecule has 1 saturated heterocycles. The average Bonchev–Trinajstić information content (AvgIpc) is 2.75. The predicted octanol–water partition coefficient (Wildman–Crippen LogP) is 4.51. The van der Waals surface area contributed by atoms with Crippen molar-refractivity contribution in [2.75, 3.05) is 13.1 Å². The highest BCUT2D eigenvalue weighted by atomic mass is 19.3. The van der Waals surface area contributed by atoms with Gasteiger partial charge in [-0.1, -0.05) is 35.5 Å². The molecular weight excluding hydrogens is 390 g/mol. The van der Waals surface area contributed by atoms with Gasteiger partial charge in [0.25, 0.3) is 5.91 Å². The van der Waals surface area contributed by atoms with E-state index >= 15 is 0 Å². The van der Waals surface area contributed by atoms with Crippen molar-refractivity contribution in [3.05, 3.63) is 65.7 Å². The maximum atomic E-state index is 12.6. The Bertz CT molecular complexity index is 820. The van der Waals surface area contributed by atoms with Crippen molar-refractivity contribution in [1.29, 1.82) is 0 Å². The molecule has 30 heavy (non-hydrogen) atoms. The van der Waals surface area contributed by atoms with Crippen LogP contribution in [0.15, 0.2) is 59.8 Å². The maximum Gasteiger partial charge on any atom is 0.387 e. The van der Waals surface area contributed by atoms with Crippen LogP contribution in [0, 0.1) is 5.92 Å². The number of hydrogen-bond donors (Lipinski definition) is 0. The van der Waals surface area contributed by atoms with Gasteiger partial charge in [-0.05, 0) is 67.5 Å². The second-order valence-corrected chi connectivity index (χ2v) is 7.39. The first-order valence-corrected chi connectivity index (χ1v) is 10.1. The Kier molecular flexibility index (Phi) is 7.76. The molecule has 0 saturated carbocycles. The molecule has 1 atom stereocenters. The van der Waals surface area contributed by atoms with E-state index in [4.69, 9.17) is 4.84 Å². The molecule has 0 radical (unpaired) electrons. The first kappa shape index (κ1) is 21.7. The van der Waals surface area contributed by atoms with E-state index in [9.17, 15) is 13.6 Å². The lowest BCUT2D eigenvalue weighted by molar-refractivity contribution is -0.144. The third kappa shape index (κ3) is 6.54. The zero-order valence-electron chi connectivity index (χ0n) is 16.9. The number of hydrogen-bond acceptors (Lipinski definition) is 4. The van der Waals surface area contributed by atoms with Gasteiger partial charge in [0.1, 0.15) is 5.75 Å². The zero-order valence-corrected chi connectivity index (χ0v) is 16.9. The Balaban J connectivity index is 1.42. The second kappa shape index (κ2) is 10.7. The minimum atomic E-state index is -2.86. The monoisotopic (exact) mass is 416 g/mol. The molecule has 3 rings (SSSR count). The molecule has 0 aliphatic carbocycles. The van der Waals surface area contributed by atoms with E-state index in [2.05, 4.69) is 34.2 Å². The molecular formula is C23H26F2N2O3. The number of nitrogens with zero attached hydrogens (tertiary/aromatic N) is 2. The van der Waals surface area contributed by atoms with Gasteiger partial charge in [0, 0.05) is 13.1 Å². The van der Waals surface area contributed by atoms with Crippen molar-refractivity contribution in [1.82, 2.24) is 4.90 Å². The van der Waals surface area contributed by atoms with Crippen molar-refractivity contribution >= 4 is 12.1 Å². The molecule has 0 aromatic heterocycles. The SMILES string of the molecule is CC(ON=Cc1ccc(OC(F)F)cc1)C(=O)N1CCC(Cc2ccccc2)CC1. The van der Waals surface area contributed by atoms with Crippen molar-refractivity contribution in [3.8, 4) is 5.75 Å². The number of benzene rings is 2.